The van der Waals surface area contributed by atoms with Crippen LogP contribution < -0.4 is 4.74 Å². The second kappa shape index (κ2) is 3.63. The fourth-order valence-corrected chi connectivity index (χ4v) is 5.27. The number of carbonyl (C=O) groups excluding carboxylic acids is 1. The molecule has 5 rings (SSSR count). The van der Waals surface area contributed by atoms with Crippen molar-refractivity contribution >= 4 is 5.78 Å². The molecule has 2 bridgehead atoms. The molecule has 1 N–H and O–H groups in total. The van der Waals surface area contributed by atoms with Crippen LogP contribution in [0.25, 0.3) is 0 Å². The Hall–Kier alpha value is -1.65. The smallest absolute Gasteiger partial charge is 0.196 e. The Morgan fingerprint density at radius 3 is 3.05 bits per heavy atom. The number of aryl methyl sites for hydroxylation is 1. The van der Waals surface area contributed by atoms with Gasteiger partial charge in [-0.05, 0) is 56.6 Å². The predicted octanol–water partition coefficient (Wildman–Crippen LogP) is 1.12. The van der Waals surface area contributed by atoms with Gasteiger partial charge >= 0.3 is 0 Å². The van der Waals surface area contributed by atoms with Crippen LogP contribution in [0.3, 0.4) is 0 Å². The quantitative estimate of drug-likeness (QED) is 0.780. The third kappa shape index (κ3) is 1.12. The van der Waals surface area contributed by atoms with Gasteiger partial charge < -0.3 is 9.84 Å². The maximum atomic E-state index is 12.5. The van der Waals surface area contributed by atoms with Crippen LogP contribution in [0, 0.1) is 6.92 Å². The first-order valence-electron chi connectivity index (χ1n) is 7.94. The van der Waals surface area contributed by atoms with E-state index in [1.807, 2.05) is 6.92 Å². The third-order valence-electron chi connectivity index (χ3n) is 6.36. The van der Waals surface area contributed by atoms with E-state index in [0.29, 0.717) is 0 Å². The molecule has 0 radical (unpaired) electrons. The molecule has 2 aliphatic carbocycles. The van der Waals surface area contributed by atoms with Gasteiger partial charge in [-0.3, -0.25) is 9.69 Å². The summed E-state index contributed by atoms with van der Waals surface area (Å²) in [6.45, 7) is 2.89. The van der Waals surface area contributed by atoms with Crippen LogP contribution in [-0.4, -0.2) is 47.1 Å². The minimum absolute atomic E-state index is 0.00199. The molecule has 0 aromatic heterocycles. The van der Waals surface area contributed by atoms with Gasteiger partial charge in [-0.15, -0.1) is 0 Å². The highest BCUT2D eigenvalue weighted by Crippen LogP contribution is 2.62. The standard InChI is InChI=1S/C18H19NO3/c1-10-3-4-11-9-13-18(21)6-5-12(20)16-17(18,7-8-19(13)2)14(11)15(10)22-16/h3-6,13,16,21H,7-9H2,1-2H3/t13-,16+,17+,18-/m1/s1. The summed E-state index contributed by atoms with van der Waals surface area (Å²) < 4.78 is 6.14. The number of ether oxygens (including phenoxy) is 1. The number of likely N-dealkylation sites (N-methyl/N-ethyl adjacent to an activating group) is 1. The van der Waals surface area contributed by atoms with Gasteiger partial charge in [-0.25, -0.2) is 0 Å². The van der Waals surface area contributed by atoms with E-state index in [-0.39, 0.29) is 11.8 Å². The molecule has 4 aliphatic rings. The first-order valence-corrected chi connectivity index (χ1v) is 7.94. The van der Waals surface area contributed by atoms with E-state index in [1.54, 1.807) is 6.08 Å². The van der Waals surface area contributed by atoms with E-state index in [0.717, 1.165) is 36.3 Å². The van der Waals surface area contributed by atoms with Gasteiger partial charge in [-0.1, -0.05) is 12.1 Å². The third-order valence-corrected chi connectivity index (χ3v) is 6.36. The van der Waals surface area contributed by atoms with Crippen molar-refractivity contribution in [2.24, 2.45) is 0 Å². The molecule has 2 heterocycles. The Labute approximate surface area is 129 Å². The van der Waals surface area contributed by atoms with Gasteiger partial charge in [0.25, 0.3) is 0 Å². The fraction of sp³-hybridized carbons (Fsp3) is 0.500. The van der Waals surface area contributed by atoms with Gasteiger partial charge in [-0.2, -0.15) is 0 Å². The van der Waals surface area contributed by atoms with E-state index in [2.05, 4.69) is 24.1 Å². The minimum atomic E-state index is -1.02. The lowest BCUT2D eigenvalue weighted by Gasteiger charge is -2.60. The molecule has 1 aromatic rings. The molecule has 22 heavy (non-hydrogen) atoms. The lowest BCUT2D eigenvalue weighted by Crippen LogP contribution is -2.74. The van der Waals surface area contributed by atoms with Crippen molar-refractivity contribution in [1.82, 2.24) is 4.90 Å². The Bertz CT molecular complexity index is 755. The van der Waals surface area contributed by atoms with Crippen molar-refractivity contribution in [2.45, 2.75) is 42.9 Å². The maximum absolute atomic E-state index is 12.5. The minimum Gasteiger partial charge on any atom is -0.481 e. The number of piperidine rings is 1. The molecule has 2 aliphatic heterocycles. The van der Waals surface area contributed by atoms with Gasteiger partial charge in [0.05, 0.1) is 5.41 Å². The topological polar surface area (TPSA) is 49.8 Å². The molecular weight excluding hydrogens is 278 g/mol. The summed E-state index contributed by atoms with van der Waals surface area (Å²) in [5.41, 5.74) is 1.75. The van der Waals surface area contributed by atoms with Crippen molar-refractivity contribution in [3.05, 3.63) is 41.0 Å². The van der Waals surface area contributed by atoms with E-state index >= 15 is 0 Å². The van der Waals surface area contributed by atoms with E-state index in [1.165, 1.54) is 11.6 Å². The zero-order valence-electron chi connectivity index (χ0n) is 12.8. The van der Waals surface area contributed by atoms with Gasteiger partial charge in [0.1, 0.15) is 11.4 Å². The fourth-order valence-electron chi connectivity index (χ4n) is 5.27. The van der Waals surface area contributed by atoms with Crippen molar-refractivity contribution in [3.63, 3.8) is 0 Å². The highest BCUT2D eigenvalue weighted by molar-refractivity contribution is 5.98. The SMILES string of the molecule is Cc1ccc2c3c1O[C@H]1C(=O)C=C[C@@]4(O)[C@@H](C2)N(C)CC[C@]314. The van der Waals surface area contributed by atoms with Crippen LogP contribution in [0.5, 0.6) is 5.75 Å². The number of hydrogen-bond acceptors (Lipinski definition) is 4. The molecule has 4 nitrogen and oxygen atoms in total. The highest BCUT2D eigenvalue weighted by atomic mass is 16.5. The van der Waals surface area contributed by atoms with Crippen LogP contribution in [0.2, 0.25) is 0 Å². The molecule has 1 saturated heterocycles. The first kappa shape index (κ1) is 12.9. The van der Waals surface area contributed by atoms with Crippen LogP contribution in [0.4, 0.5) is 0 Å². The van der Waals surface area contributed by atoms with Gasteiger partial charge in [0, 0.05) is 11.6 Å². The summed E-state index contributed by atoms with van der Waals surface area (Å²) in [4.78, 5) is 14.7. The zero-order chi connectivity index (χ0) is 15.3. The average Bonchev–Trinajstić information content (AvgIpc) is 2.85. The van der Waals surface area contributed by atoms with Gasteiger partial charge in [0.2, 0.25) is 0 Å². The molecule has 0 saturated carbocycles. The molecule has 114 valence electrons. The Kier molecular flexibility index (Phi) is 2.12. The first-order chi connectivity index (χ1) is 10.5. The molecular formula is C18H19NO3. The van der Waals surface area contributed by atoms with Crippen molar-refractivity contribution < 1.29 is 14.6 Å². The van der Waals surface area contributed by atoms with E-state index < -0.39 is 17.1 Å². The summed E-state index contributed by atoms with van der Waals surface area (Å²) >= 11 is 0. The van der Waals surface area contributed by atoms with Crippen molar-refractivity contribution in [3.8, 4) is 5.75 Å². The molecule has 1 fully saturated rings. The lowest BCUT2D eigenvalue weighted by atomic mass is 9.51. The zero-order valence-corrected chi connectivity index (χ0v) is 12.8. The molecule has 0 unspecified atom stereocenters. The van der Waals surface area contributed by atoms with E-state index in [9.17, 15) is 9.90 Å². The number of rotatable bonds is 0. The van der Waals surface area contributed by atoms with Crippen LogP contribution in [0.15, 0.2) is 24.3 Å². The number of likely N-dealkylation sites (tertiary alicyclic amines) is 1. The molecule has 1 aromatic carbocycles. The Balaban J connectivity index is 1.91. The van der Waals surface area contributed by atoms with Crippen LogP contribution in [-0.2, 0) is 16.6 Å². The Morgan fingerprint density at radius 1 is 1.41 bits per heavy atom. The largest absolute Gasteiger partial charge is 0.481 e. The van der Waals surface area contributed by atoms with Crippen LogP contribution in [0.1, 0.15) is 23.1 Å². The summed E-state index contributed by atoms with van der Waals surface area (Å²) in [7, 11) is 2.06. The van der Waals surface area contributed by atoms with E-state index in [4.69, 9.17) is 4.74 Å². The second-order valence-electron chi connectivity index (χ2n) is 7.23. The monoisotopic (exact) mass is 297 g/mol. The summed E-state index contributed by atoms with van der Waals surface area (Å²) in [6, 6.07) is 4.22. The number of aliphatic hydroxyl groups is 1. The summed E-state index contributed by atoms with van der Waals surface area (Å²) in [6.07, 6.45) is 4.25. The number of ketones is 1. The summed E-state index contributed by atoms with van der Waals surface area (Å²) in [5.74, 6) is 0.817. The number of nitrogens with zero attached hydrogens (tertiary/aromatic N) is 1. The second-order valence-corrected chi connectivity index (χ2v) is 7.23. The van der Waals surface area contributed by atoms with Crippen molar-refractivity contribution in [2.75, 3.05) is 13.6 Å². The van der Waals surface area contributed by atoms with Crippen molar-refractivity contribution in [1.29, 1.82) is 0 Å². The number of carbonyl (C=O) groups is 1. The van der Waals surface area contributed by atoms with Gasteiger partial charge in [0.15, 0.2) is 11.9 Å². The normalized spacial score (nSPS) is 41.3. The molecule has 0 amide bonds. The Morgan fingerprint density at radius 2 is 2.23 bits per heavy atom. The lowest BCUT2D eigenvalue weighted by molar-refractivity contribution is -0.151. The molecule has 4 heteroatoms. The average molecular weight is 297 g/mol. The summed E-state index contributed by atoms with van der Waals surface area (Å²) in [5, 5.41) is 11.6. The molecule has 1 spiro atoms. The number of benzene rings is 1. The van der Waals surface area contributed by atoms with Crippen LogP contribution >= 0.6 is 0 Å². The number of hydrogen-bond donors (Lipinski definition) is 1. The molecule has 4 atom stereocenters. The highest BCUT2D eigenvalue weighted by Gasteiger charge is 2.71. The predicted molar refractivity (Wildman–Crippen MR) is 81.1 cm³/mol. The maximum Gasteiger partial charge on any atom is 0.196 e.